The minimum atomic E-state index is -2.05. The van der Waals surface area contributed by atoms with Gasteiger partial charge >= 0.3 is 5.97 Å². The summed E-state index contributed by atoms with van der Waals surface area (Å²) in [5.41, 5.74) is 1.29. The lowest BCUT2D eigenvalue weighted by Gasteiger charge is -2.36. The van der Waals surface area contributed by atoms with E-state index < -0.39 is 11.1 Å². The van der Waals surface area contributed by atoms with Crippen molar-refractivity contribution in [2.45, 2.75) is 32.6 Å². The normalized spacial score (nSPS) is 17.1. The maximum absolute atomic E-state index is 11.4. The molecule has 0 bridgehead atoms. The van der Waals surface area contributed by atoms with Crippen molar-refractivity contribution in [3.63, 3.8) is 0 Å². The van der Waals surface area contributed by atoms with Crippen LogP contribution in [-0.4, -0.2) is 27.6 Å². The summed E-state index contributed by atoms with van der Waals surface area (Å²) < 4.78 is 26.5. The van der Waals surface area contributed by atoms with Crippen LogP contribution in [0.15, 0.2) is 24.3 Å². The summed E-state index contributed by atoms with van der Waals surface area (Å²) >= 11 is -2.05. The van der Waals surface area contributed by atoms with Crippen molar-refractivity contribution >= 4 is 17.0 Å². The summed E-state index contributed by atoms with van der Waals surface area (Å²) in [7, 11) is 1.35. The van der Waals surface area contributed by atoms with E-state index in [0.29, 0.717) is 5.56 Å². The van der Waals surface area contributed by atoms with Crippen LogP contribution >= 0.6 is 0 Å². The molecule has 1 aromatic rings. The summed E-state index contributed by atoms with van der Waals surface area (Å²) in [5.74, 6) is -0.249. The van der Waals surface area contributed by atoms with Crippen LogP contribution in [0, 0.1) is 5.92 Å². The monoisotopic (exact) mass is 297 g/mol. The molecule has 0 N–H and O–H groups in total. The van der Waals surface area contributed by atoms with Crippen LogP contribution < -0.4 is 0 Å². The van der Waals surface area contributed by atoms with Crippen molar-refractivity contribution in [1.29, 1.82) is 0 Å². The van der Waals surface area contributed by atoms with Crippen molar-refractivity contribution < 1.29 is 18.3 Å². The lowest BCUT2D eigenvalue weighted by Crippen LogP contribution is -2.33. The number of hydrogen-bond donors (Lipinski definition) is 0. The summed E-state index contributed by atoms with van der Waals surface area (Å²) in [6.45, 7) is 6.03. The van der Waals surface area contributed by atoms with Gasteiger partial charge in [0.05, 0.1) is 12.7 Å². The highest BCUT2D eigenvalue weighted by molar-refractivity contribution is 7.79. The fraction of sp³-hybridized carbons (Fsp3) is 0.533. The Morgan fingerprint density at radius 1 is 1.40 bits per heavy atom. The number of hydrogen-bond acceptors (Lipinski definition) is 4. The number of methoxy groups -OCH3 is 1. The number of ether oxygens (including phenoxy) is 1. The van der Waals surface area contributed by atoms with Crippen LogP contribution in [0.4, 0.5) is 0 Å². The van der Waals surface area contributed by atoms with Gasteiger partial charge in [-0.3, -0.25) is 4.21 Å². The molecule has 3 atom stereocenters. The van der Waals surface area contributed by atoms with Crippen LogP contribution in [0.25, 0.3) is 0 Å². The van der Waals surface area contributed by atoms with Crippen molar-refractivity contribution in [3.8, 4) is 0 Å². The zero-order valence-corrected chi connectivity index (χ0v) is 13.2. The van der Waals surface area contributed by atoms with Crippen LogP contribution in [0.3, 0.4) is 0 Å². The van der Waals surface area contributed by atoms with Gasteiger partial charge in [0.25, 0.3) is 0 Å². The largest absolute Gasteiger partial charge is 0.772 e. The van der Waals surface area contributed by atoms with Gasteiger partial charge in [-0.25, -0.2) is 4.79 Å². The Hall–Kier alpha value is -1.20. The van der Waals surface area contributed by atoms with E-state index in [4.69, 9.17) is 0 Å². The van der Waals surface area contributed by atoms with Crippen molar-refractivity contribution in [1.82, 2.24) is 0 Å². The van der Waals surface area contributed by atoms with Crippen LogP contribution in [-0.2, 0) is 21.2 Å². The molecule has 5 heteroatoms. The van der Waals surface area contributed by atoms with E-state index in [1.807, 2.05) is 26.0 Å². The van der Waals surface area contributed by atoms with Gasteiger partial charge in [0.1, 0.15) is 0 Å². The number of benzene rings is 1. The average Bonchev–Trinajstić information content (AvgIpc) is 2.44. The molecule has 0 amide bonds. The third-order valence-corrected chi connectivity index (χ3v) is 4.95. The molecule has 0 saturated carbocycles. The fourth-order valence-corrected chi connectivity index (χ4v) is 3.11. The van der Waals surface area contributed by atoms with E-state index in [1.54, 1.807) is 12.1 Å². The summed E-state index contributed by atoms with van der Waals surface area (Å²) in [6.07, 6.45) is 0.822. The second-order valence-electron chi connectivity index (χ2n) is 5.21. The van der Waals surface area contributed by atoms with Gasteiger partial charge in [-0.2, -0.15) is 0 Å². The Bertz CT molecular complexity index is 483. The number of esters is 1. The quantitative estimate of drug-likeness (QED) is 0.598. The molecular formula is C15H21O4S-. The van der Waals surface area contributed by atoms with E-state index in [-0.39, 0.29) is 23.1 Å². The van der Waals surface area contributed by atoms with Crippen LogP contribution in [0.1, 0.15) is 43.1 Å². The average molecular weight is 297 g/mol. The Labute approximate surface area is 122 Å². The highest BCUT2D eigenvalue weighted by atomic mass is 32.2. The molecule has 0 spiro atoms. The molecule has 4 nitrogen and oxygen atoms in total. The standard InChI is InChI=1S/C15H22O4S/c1-5-15(3,11(2)10-20(17)18)13-8-6-12(7-9-13)14(16)19-4/h6-9,11H,5,10H2,1-4H3,(H,17,18)/p-1. The lowest BCUT2D eigenvalue weighted by molar-refractivity contribution is 0.0600. The molecule has 112 valence electrons. The minimum Gasteiger partial charge on any atom is -0.772 e. The number of carbonyl (C=O) groups excluding carboxylic acids is 1. The first-order valence-electron chi connectivity index (χ1n) is 6.59. The minimum absolute atomic E-state index is 0.00481. The Balaban J connectivity index is 3.05. The Morgan fingerprint density at radius 2 is 1.95 bits per heavy atom. The maximum atomic E-state index is 11.4. The molecule has 1 aromatic carbocycles. The number of carbonyl (C=O) groups is 1. The van der Waals surface area contributed by atoms with Crippen molar-refractivity contribution in [3.05, 3.63) is 35.4 Å². The van der Waals surface area contributed by atoms with E-state index >= 15 is 0 Å². The summed E-state index contributed by atoms with van der Waals surface area (Å²) in [5, 5.41) is 0. The fourth-order valence-electron chi connectivity index (χ4n) is 2.33. The summed E-state index contributed by atoms with van der Waals surface area (Å²) in [6, 6.07) is 7.19. The molecule has 0 heterocycles. The zero-order chi connectivity index (χ0) is 15.3. The predicted octanol–water partition coefficient (Wildman–Crippen LogP) is 2.66. The molecule has 0 aliphatic carbocycles. The van der Waals surface area contributed by atoms with Gasteiger partial charge in [0.2, 0.25) is 0 Å². The first-order chi connectivity index (χ1) is 9.35. The highest BCUT2D eigenvalue weighted by Gasteiger charge is 2.31. The van der Waals surface area contributed by atoms with Crippen molar-refractivity contribution in [2.75, 3.05) is 12.9 Å². The van der Waals surface area contributed by atoms with E-state index in [1.165, 1.54) is 7.11 Å². The maximum Gasteiger partial charge on any atom is 0.337 e. The molecule has 0 aliphatic heterocycles. The third kappa shape index (κ3) is 3.67. The van der Waals surface area contributed by atoms with Gasteiger partial charge in [-0.05, 0) is 35.4 Å². The van der Waals surface area contributed by atoms with Gasteiger partial charge in [-0.15, -0.1) is 0 Å². The van der Waals surface area contributed by atoms with E-state index in [9.17, 15) is 13.6 Å². The highest BCUT2D eigenvalue weighted by Crippen LogP contribution is 2.36. The smallest absolute Gasteiger partial charge is 0.337 e. The molecule has 0 aliphatic rings. The van der Waals surface area contributed by atoms with Gasteiger partial charge in [0, 0.05) is 5.75 Å². The van der Waals surface area contributed by atoms with Gasteiger partial charge in [0.15, 0.2) is 0 Å². The molecule has 20 heavy (non-hydrogen) atoms. The SMILES string of the molecule is CCC(C)(c1ccc(C(=O)OC)cc1)C(C)CS(=O)[O-]. The third-order valence-electron chi connectivity index (χ3n) is 4.17. The molecule has 0 saturated heterocycles. The second-order valence-corrected chi connectivity index (χ2v) is 6.15. The molecule has 0 radical (unpaired) electrons. The first kappa shape index (κ1) is 16.9. The predicted molar refractivity (Wildman–Crippen MR) is 78.4 cm³/mol. The second kappa shape index (κ2) is 6.99. The molecule has 3 unspecified atom stereocenters. The van der Waals surface area contributed by atoms with Gasteiger partial charge in [-0.1, -0.05) is 44.0 Å². The Kier molecular flexibility index (Phi) is 5.89. The molecule has 0 aromatic heterocycles. The number of rotatable bonds is 6. The molecule has 0 fully saturated rings. The van der Waals surface area contributed by atoms with Gasteiger partial charge < -0.3 is 9.29 Å². The Morgan fingerprint density at radius 3 is 2.35 bits per heavy atom. The molecule has 1 rings (SSSR count). The van der Waals surface area contributed by atoms with E-state index in [2.05, 4.69) is 11.7 Å². The molecular weight excluding hydrogens is 276 g/mol. The van der Waals surface area contributed by atoms with Crippen LogP contribution in [0.2, 0.25) is 0 Å². The van der Waals surface area contributed by atoms with E-state index in [0.717, 1.165) is 12.0 Å². The zero-order valence-electron chi connectivity index (χ0n) is 12.3. The first-order valence-corrected chi connectivity index (χ1v) is 7.84. The van der Waals surface area contributed by atoms with Crippen LogP contribution in [0.5, 0.6) is 0 Å². The van der Waals surface area contributed by atoms with Crippen molar-refractivity contribution in [2.24, 2.45) is 5.92 Å². The summed E-state index contributed by atoms with van der Waals surface area (Å²) in [4.78, 5) is 11.4. The lowest BCUT2D eigenvalue weighted by atomic mass is 9.71. The topological polar surface area (TPSA) is 66.4 Å².